The van der Waals surface area contributed by atoms with Crippen LogP contribution in [0.2, 0.25) is 0 Å². The molecule has 0 unspecified atom stereocenters. The van der Waals surface area contributed by atoms with Gasteiger partial charge in [-0.05, 0) is 74.5 Å². The van der Waals surface area contributed by atoms with Crippen LogP contribution in [-0.4, -0.2) is 23.3 Å². The summed E-state index contributed by atoms with van der Waals surface area (Å²) in [5.41, 5.74) is 7.51. The molecule has 4 rings (SSSR count). The van der Waals surface area contributed by atoms with Crippen LogP contribution in [0.25, 0.3) is 0 Å². The van der Waals surface area contributed by atoms with Gasteiger partial charge in [-0.3, -0.25) is 10.2 Å². The molecule has 1 amide bonds. The molecule has 1 aromatic rings. The fourth-order valence-electron chi connectivity index (χ4n) is 4.22. The molecule has 0 spiro atoms. The minimum absolute atomic E-state index is 0.0266. The quantitative estimate of drug-likeness (QED) is 0.255. The highest BCUT2D eigenvalue weighted by Crippen LogP contribution is 2.56. The molecule has 3 aliphatic rings. The molecular formula is C20H28ClN4O. The van der Waals surface area contributed by atoms with Crippen LogP contribution in [0.5, 0.6) is 0 Å². The molecule has 26 heavy (non-hydrogen) atoms. The van der Waals surface area contributed by atoms with Crippen LogP contribution < -0.4 is 16.4 Å². The summed E-state index contributed by atoms with van der Waals surface area (Å²) >= 11 is 6.63. The van der Waals surface area contributed by atoms with Gasteiger partial charge in [0.1, 0.15) is 0 Å². The molecule has 0 saturated heterocycles. The van der Waals surface area contributed by atoms with E-state index in [0.29, 0.717) is 12.1 Å². The number of unbranched alkanes of at least 4 members (excludes halogenated alkanes) is 1. The van der Waals surface area contributed by atoms with E-state index in [1.165, 1.54) is 5.56 Å². The molecule has 3 saturated carbocycles. The van der Waals surface area contributed by atoms with Crippen molar-refractivity contribution in [2.75, 3.05) is 6.54 Å². The molecule has 6 heteroatoms. The van der Waals surface area contributed by atoms with E-state index in [-0.39, 0.29) is 22.2 Å². The molecule has 0 aromatic heterocycles. The number of carbonyl (C=O) groups is 1. The number of guanidine groups is 1. The number of alkyl halides is 1. The summed E-state index contributed by atoms with van der Waals surface area (Å²) in [4.78, 5) is 12.3. The average Bonchev–Trinajstić information content (AvgIpc) is 2.65. The Morgan fingerprint density at radius 1 is 1.15 bits per heavy atom. The Balaban J connectivity index is 1.48. The molecule has 0 atom stereocenters. The highest BCUT2D eigenvalue weighted by Gasteiger charge is 2.48. The van der Waals surface area contributed by atoms with E-state index < -0.39 is 0 Å². The number of rotatable bonds is 7. The lowest BCUT2D eigenvalue weighted by Crippen LogP contribution is -2.45. The van der Waals surface area contributed by atoms with E-state index in [9.17, 15) is 4.79 Å². The third kappa shape index (κ3) is 4.32. The van der Waals surface area contributed by atoms with Gasteiger partial charge in [-0.1, -0.05) is 12.1 Å². The molecule has 3 fully saturated rings. The molecule has 5 N–H and O–H groups in total. The third-order valence-electron chi connectivity index (χ3n) is 5.99. The lowest BCUT2D eigenvalue weighted by atomic mass is 9.57. The van der Waals surface area contributed by atoms with Gasteiger partial charge in [-0.2, -0.15) is 0 Å². The van der Waals surface area contributed by atoms with Gasteiger partial charge in [0.15, 0.2) is 5.96 Å². The van der Waals surface area contributed by atoms with Crippen LogP contribution in [0.4, 0.5) is 0 Å². The summed E-state index contributed by atoms with van der Waals surface area (Å²) in [5, 5.41) is 12.6. The summed E-state index contributed by atoms with van der Waals surface area (Å²) in [5.74, 6) is -0.109. The van der Waals surface area contributed by atoms with Crippen molar-refractivity contribution < 1.29 is 4.79 Å². The number of hydrogen-bond acceptors (Lipinski definition) is 2. The molecule has 141 valence electrons. The molecule has 0 aliphatic heterocycles. The van der Waals surface area contributed by atoms with E-state index in [1.807, 2.05) is 12.1 Å². The van der Waals surface area contributed by atoms with Gasteiger partial charge in [0.25, 0.3) is 5.91 Å². The topological polar surface area (TPSA) is 91.0 Å². The zero-order valence-electron chi connectivity index (χ0n) is 15.1. The second kappa shape index (κ2) is 7.87. The maximum absolute atomic E-state index is 12.2. The van der Waals surface area contributed by atoms with Crippen molar-refractivity contribution in [3.63, 3.8) is 0 Å². The first-order valence-corrected chi connectivity index (χ1v) is 9.80. The summed E-state index contributed by atoms with van der Waals surface area (Å²) < 4.78 is 0. The Hall–Kier alpha value is -1.75. The van der Waals surface area contributed by atoms with Crippen molar-refractivity contribution in [1.29, 1.82) is 5.41 Å². The zero-order chi connectivity index (χ0) is 18.6. The van der Waals surface area contributed by atoms with Gasteiger partial charge in [0, 0.05) is 23.5 Å². The Morgan fingerprint density at radius 2 is 1.77 bits per heavy atom. The summed E-state index contributed by atoms with van der Waals surface area (Å²) in [7, 11) is 0. The van der Waals surface area contributed by atoms with Crippen LogP contribution in [0, 0.1) is 12.0 Å². The average molecular weight is 376 g/mol. The highest BCUT2D eigenvalue weighted by molar-refractivity contribution is 6.24. The van der Waals surface area contributed by atoms with Crippen LogP contribution in [-0.2, 0) is 5.41 Å². The van der Waals surface area contributed by atoms with Crippen LogP contribution >= 0.6 is 11.6 Å². The van der Waals surface area contributed by atoms with Gasteiger partial charge in [-0.15, -0.1) is 11.6 Å². The van der Waals surface area contributed by atoms with Crippen LogP contribution in [0.15, 0.2) is 24.3 Å². The zero-order valence-corrected chi connectivity index (χ0v) is 15.9. The Labute approximate surface area is 160 Å². The van der Waals surface area contributed by atoms with Crippen molar-refractivity contribution in [3.8, 4) is 0 Å². The Morgan fingerprint density at radius 3 is 2.35 bits per heavy atom. The number of hydrogen-bond donors (Lipinski definition) is 4. The van der Waals surface area contributed by atoms with Crippen molar-refractivity contribution in [2.24, 2.45) is 5.73 Å². The monoisotopic (exact) mass is 375 g/mol. The normalized spacial score (nSPS) is 27.1. The Kier molecular flexibility index (Phi) is 5.76. The smallest absolute Gasteiger partial charge is 0.251 e. The molecule has 2 bridgehead atoms. The summed E-state index contributed by atoms with van der Waals surface area (Å²) in [6, 6.07) is 8.11. The number of benzene rings is 1. The van der Waals surface area contributed by atoms with Crippen molar-refractivity contribution in [2.45, 2.75) is 61.7 Å². The third-order valence-corrected chi connectivity index (χ3v) is 6.56. The van der Waals surface area contributed by atoms with Crippen molar-refractivity contribution in [1.82, 2.24) is 10.6 Å². The second-order valence-corrected chi connectivity index (χ2v) is 8.47. The maximum atomic E-state index is 12.2. The van der Waals surface area contributed by atoms with E-state index in [2.05, 4.69) is 22.8 Å². The van der Waals surface area contributed by atoms with Crippen LogP contribution in [0.3, 0.4) is 0 Å². The second-order valence-electron chi connectivity index (χ2n) is 7.67. The van der Waals surface area contributed by atoms with Gasteiger partial charge >= 0.3 is 0 Å². The predicted molar refractivity (Wildman–Crippen MR) is 105 cm³/mol. The lowest BCUT2D eigenvalue weighted by Gasteiger charge is -2.51. The first-order valence-electron chi connectivity index (χ1n) is 9.42. The largest absolute Gasteiger partial charge is 0.370 e. The number of carbonyl (C=O) groups excluding carboxylic acids is 1. The molecule has 5 nitrogen and oxygen atoms in total. The summed E-state index contributed by atoms with van der Waals surface area (Å²) in [6.45, 7) is 2.39. The fraction of sp³-hybridized carbons (Fsp3) is 0.550. The van der Waals surface area contributed by atoms with Crippen molar-refractivity contribution >= 4 is 23.5 Å². The minimum atomic E-state index is -0.0827. The molecule has 1 radical (unpaired) electrons. The van der Waals surface area contributed by atoms with Gasteiger partial charge < -0.3 is 16.4 Å². The highest BCUT2D eigenvalue weighted by atomic mass is 35.5. The number of amides is 1. The molecular weight excluding hydrogens is 348 g/mol. The molecule has 3 aliphatic carbocycles. The number of fused-ring (bicyclic) bond motifs is 3. The van der Waals surface area contributed by atoms with E-state index in [4.69, 9.17) is 22.7 Å². The Bertz CT molecular complexity index is 634. The molecule has 1 aromatic carbocycles. The van der Waals surface area contributed by atoms with E-state index >= 15 is 0 Å². The fourth-order valence-corrected chi connectivity index (χ4v) is 4.51. The first kappa shape index (κ1) is 19.0. The predicted octanol–water partition coefficient (Wildman–Crippen LogP) is 3.42. The minimum Gasteiger partial charge on any atom is -0.370 e. The SMILES string of the molecule is N=C(N)NCCC[CH]NC(=O)c1ccc(C23CCC(Cl)(CC2)CC3)cc1. The lowest BCUT2D eigenvalue weighted by molar-refractivity contribution is 0.0962. The number of halogens is 1. The standard InChI is InChI=1S/C20H28ClN4O/c21-20-10-7-19(8-11-20,9-12-20)16-5-3-15(4-6-16)17(26)24-13-1-2-14-25-18(22)23/h3-6,13H,1-2,7-12,14H2,(H,24,26)(H4,22,23,25). The number of nitrogens with two attached hydrogens (primary N) is 1. The van der Waals surface area contributed by atoms with Gasteiger partial charge in [0.05, 0.1) is 0 Å². The van der Waals surface area contributed by atoms with Gasteiger partial charge in [-0.25, -0.2) is 0 Å². The maximum Gasteiger partial charge on any atom is 0.251 e. The summed E-state index contributed by atoms with van der Waals surface area (Å²) in [6.07, 6.45) is 8.31. The first-order chi connectivity index (χ1) is 12.4. The van der Waals surface area contributed by atoms with E-state index in [0.717, 1.165) is 51.4 Å². The number of nitrogens with one attached hydrogen (secondary N) is 3. The van der Waals surface area contributed by atoms with Crippen molar-refractivity contribution in [3.05, 3.63) is 41.9 Å². The van der Waals surface area contributed by atoms with E-state index in [1.54, 1.807) is 6.54 Å². The molecule has 0 heterocycles. The van der Waals surface area contributed by atoms with Gasteiger partial charge in [0.2, 0.25) is 0 Å². The van der Waals surface area contributed by atoms with Crippen LogP contribution in [0.1, 0.15) is 67.3 Å².